The third-order valence-corrected chi connectivity index (χ3v) is 7.10. The molecule has 1 aliphatic carbocycles. The molecule has 2 heterocycles. The number of carbonyl (C=O) groups excluding carboxylic acids is 4. The molecule has 0 N–H and O–H groups in total. The maximum absolute atomic E-state index is 13.2. The minimum Gasteiger partial charge on any atom is -0.285 e. The zero-order valence-corrected chi connectivity index (χ0v) is 17.6. The van der Waals surface area contributed by atoms with Gasteiger partial charge >= 0.3 is 0 Å². The lowest BCUT2D eigenvalue weighted by molar-refractivity contribution is -0.140. The number of hydrogen-bond donors (Lipinski definition) is 0. The predicted octanol–water partition coefficient (Wildman–Crippen LogP) is 2.72. The summed E-state index contributed by atoms with van der Waals surface area (Å²) in [5, 5.41) is 0. The number of hydrogen-bond acceptors (Lipinski definition) is 4. The Labute approximate surface area is 180 Å². The van der Waals surface area contributed by atoms with Gasteiger partial charge in [-0.05, 0) is 48.9 Å². The second-order valence-electron chi connectivity index (χ2n) is 8.97. The third kappa shape index (κ3) is 3.09. The van der Waals surface area contributed by atoms with Crippen LogP contribution in [0.25, 0.3) is 0 Å². The van der Waals surface area contributed by atoms with Gasteiger partial charge in [-0.3, -0.25) is 29.0 Å². The van der Waals surface area contributed by atoms with Gasteiger partial charge in [-0.1, -0.05) is 42.0 Å². The molecule has 4 unspecified atom stereocenters. The van der Waals surface area contributed by atoms with E-state index in [-0.39, 0.29) is 36.0 Å². The summed E-state index contributed by atoms with van der Waals surface area (Å²) in [6.45, 7) is 2.05. The van der Waals surface area contributed by atoms with Crippen molar-refractivity contribution in [2.24, 2.45) is 23.7 Å². The summed E-state index contributed by atoms with van der Waals surface area (Å²) in [5.41, 5.74) is 4.05. The van der Waals surface area contributed by atoms with Gasteiger partial charge in [0.05, 0.1) is 17.5 Å². The second kappa shape index (κ2) is 7.15. The van der Waals surface area contributed by atoms with Crippen molar-refractivity contribution in [3.05, 3.63) is 65.2 Å². The molecule has 0 spiro atoms. The lowest BCUT2D eigenvalue weighted by Gasteiger charge is -2.34. The Balaban J connectivity index is 1.35. The summed E-state index contributed by atoms with van der Waals surface area (Å²) in [4.78, 5) is 53.4. The number of likely N-dealkylation sites (tertiary alicyclic amines) is 1. The van der Waals surface area contributed by atoms with Crippen molar-refractivity contribution in [1.29, 1.82) is 0 Å². The summed E-state index contributed by atoms with van der Waals surface area (Å²) in [6, 6.07) is 15.8. The highest BCUT2D eigenvalue weighted by atomic mass is 16.2. The highest BCUT2D eigenvalue weighted by Gasteiger charge is 2.61. The quantitative estimate of drug-likeness (QED) is 0.721. The van der Waals surface area contributed by atoms with Gasteiger partial charge in [-0.25, -0.2) is 0 Å². The van der Waals surface area contributed by atoms with Gasteiger partial charge < -0.3 is 0 Å². The van der Waals surface area contributed by atoms with Crippen molar-refractivity contribution >= 4 is 29.3 Å². The van der Waals surface area contributed by atoms with E-state index in [0.29, 0.717) is 12.1 Å². The molecule has 2 aromatic carbocycles. The van der Waals surface area contributed by atoms with Crippen LogP contribution in [0.15, 0.2) is 48.5 Å². The third-order valence-electron chi connectivity index (χ3n) is 7.10. The van der Waals surface area contributed by atoms with Crippen LogP contribution >= 0.6 is 0 Å². The maximum Gasteiger partial charge on any atom is 0.237 e. The molecule has 0 bridgehead atoms. The number of fused-ring (bicyclic) bond motifs is 3. The van der Waals surface area contributed by atoms with Gasteiger partial charge in [0.2, 0.25) is 23.6 Å². The van der Waals surface area contributed by atoms with Crippen molar-refractivity contribution in [3.8, 4) is 0 Å². The number of anilines is 1. The molecule has 2 aromatic rings. The Morgan fingerprint density at radius 1 is 0.806 bits per heavy atom. The molecule has 5 rings (SSSR count). The molecule has 4 amide bonds. The smallest absolute Gasteiger partial charge is 0.237 e. The number of aryl methyl sites for hydroxylation is 1. The lowest BCUT2D eigenvalue weighted by Crippen LogP contribution is -2.49. The van der Waals surface area contributed by atoms with E-state index in [9.17, 15) is 19.2 Å². The standard InChI is InChI=1S/C25H24N2O4/c1-14-3-5-15(6-4-14)11-16-7-9-17(10-8-16)27-21(28)13-18-19(24(27)30)12-20-22(18)25(31)26(2)23(20)29/h3-10,18-20,22H,11-13H2,1-2H3. The fourth-order valence-corrected chi connectivity index (χ4v) is 5.44. The van der Waals surface area contributed by atoms with E-state index in [1.54, 1.807) is 12.1 Å². The van der Waals surface area contributed by atoms with E-state index < -0.39 is 17.8 Å². The molecule has 31 heavy (non-hydrogen) atoms. The van der Waals surface area contributed by atoms with E-state index in [2.05, 4.69) is 31.2 Å². The molecule has 2 aliphatic heterocycles. The van der Waals surface area contributed by atoms with Gasteiger partial charge in [-0.2, -0.15) is 0 Å². The van der Waals surface area contributed by atoms with Crippen molar-refractivity contribution < 1.29 is 19.2 Å². The van der Waals surface area contributed by atoms with Crippen LogP contribution in [-0.2, 0) is 25.6 Å². The highest BCUT2D eigenvalue weighted by Crippen LogP contribution is 2.51. The van der Waals surface area contributed by atoms with Crippen LogP contribution in [0.4, 0.5) is 5.69 Å². The summed E-state index contributed by atoms with van der Waals surface area (Å²) >= 11 is 0. The topological polar surface area (TPSA) is 74.8 Å². The Morgan fingerprint density at radius 2 is 1.42 bits per heavy atom. The van der Waals surface area contributed by atoms with Crippen LogP contribution in [0.1, 0.15) is 29.5 Å². The van der Waals surface area contributed by atoms with Crippen molar-refractivity contribution in [3.63, 3.8) is 0 Å². The first-order chi connectivity index (χ1) is 14.8. The first-order valence-electron chi connectivity index (χ1n) is 10.7. The molecule has 3 aliphatic rings. The van der Waals surface area contributed by atoms with E-state index in [0.717, 1.165) is 16.9 Å². The molecule has 3 fully saturated rings. The maximum atomic E-state index is 13.2. The number of benzene rings is 2. The van der Waals surface area contributed by atoms with Crippen molar-refractivity contribution in [1.82, 2.24) is 4.90 Å². The molecule has 6 nitrogen and oxygen atoms in total. The fraction of sp³-hybridized carbons (Fsp3) is 0.360. The first-order valence-corrected chi connectivity index (χ1v) is 10.7. The van der Waals surface area contributed by atoms with Gasteiger partial charge in [-0.15, -0.1) is 0 Å². The van der Waals surface area contributed by atoms with E-state index in [1.165, 1.54) is 23.1 Å². The molecular weight excluding hydrogens is 392 g/mol. The summed E-state index contributed by atoms with van der Waals surface area (Å²) < 4.78 is 0. The van der Waals surface area contributed by atoms with E-state index in [1.807, 2.05) is 12.1 Å². The Kier molecular flexibility index (Phi) is 4.54. The molecular formula is C25H24N2O4. The average molecular weight is 416 g/mol. The Bertz CT molecular complexity index is 1090. The first kappa shape index (κ1) is 19.7. The normalized spacial score (nSPS) is 27.7. The van der Waals surface area contributed by atoms with E-state index in [4.69, 9.17) is 0 Å². The number of rotatable bonds is 3. The molecule has 2 saturated heterocycles. The van der Waals surface area contributed by atoms with Crippen LogP contribution < -0.4 is 4.90 Å². The number of imide groups is 2. The Morgan fingerprint density at radius 3 is 2.06 bits per heavy atom. The zero-order valence-electron chi connectivity index (χ0n) is 17.6. The summed E-state index contributed by atoms with van der Waals surface area (Å²) in [5.74, 6) is -2.90. The van der Waals surface area contributed by atoms with Gasteiger partial charge in [0.1, 0.15) is 0 Å². The molecule has 0 radical (unpaired) electrons. The fourth-order valence-electron chi connectivity index (χ4n) is 5.44. The molecule has 6 heteroatoms. The van der Waals surface area contributed by atoms with Crippen LogP contribution in [-0.4, -0.2) is 35.6 Å². The highest BCUT2D eigenvalue weighted by molar-refractivity contribution is 6.19. The number of nitrogens with zero attached hydrogens (tertiary/aromatic N) is 2. The van der Waals surface area contributed by atoms with Crippen LogP contribution in [0.5, 0.6) is 0 Å². The molecule has 4 atom stereocenters. The van der Waals surface area contributed by atoms with Crippen LogP contribution in [0.3, 0.4) is 0 Å². The second-order valence-corrected chi connectivity index (χ2v) is 8.97. The Hall–Kier alpha value is -3.28. The molecule has 0 aromatic heterocycles. The summed E-state index contributed by atoms with van der Waals surface area (Å²) in [6.07, 6.45) is 1.24. The van der Waals surface area contributed by atoms with E-state index >= 15 is 0 Å². The average Bonchev–Trinajstić information content (AvgIpc) is 3.23. The monoisotopic (exact) mass is 416 g/mol. The number of piperidine rings is 1. The van der Waals surface area contributed by atoms with Gasteiger partial charge in [0, 0.05) is 19.4 Å². The lowest BCUT2D eigenvalue weighted by atomic mass is 9.81. The minimum atomic E-state index is -0.533. The van der Waals surface area contributed by atoms with Crippen LogP contribution in [0.2, 0.25) is 0 Å². The minimum absolute atomic E-state index is 0.121. The van der Waals surface area contributed by atoms with Crippen LogP contribution in [0, 0.1) is 30.6 Å². The van der Waals surface area contributed by atoms with Crippen molar-refractivity contribution in [2.45, 2.75) is 26.2 Å². The predicted molar refractivity (Wildman–Crippen MR) is 114 cm³/mol. The zero-order chi connectivity index (χ0) is 21.9. The van der Waals surface area contributed by atoms with Gasteiger partial charge in [0.25, 0.3) is 0 Å². The molecule has 1 saturated carbocycles. The number of amides is 4. The largest absolute Gasteiger partial charge is 0.285 e. The number of carbonyl (C=O) groups is 4. The summed E-state index contributed by atoms with van der Waals surface area (Å²) in [7, 11) is 1.48. The van der Waals surface area contributed by atoms with Crippen molar-refractivity contribution in [2.75, 3.05) is 11.9 Å². The van der Waals surface area contributed by atoms with Gasteiger partial charge in [0.15, 0.2) is 0 Å². The SMILES string of the molecule is Cc1ccc(Cc2ccc(N3C(=O)CC4C(CC5C(=O)N(C)C(=O)C54)C3=O)cc2)cc1. The molecule has 158 valence electrons.